The molecule has 0 aliphatic heterocycles. The molecule has 0 saturated heterocycles. The molecule has 9 aromatic carbocycles. The summed E-state index contributed by atoms with van der Waals surface area (Å²) in [5, 5.41) is 7.72. The smallest absolute Gasteiger partial charge is 0.0718 e. The molecule has 0 bridgehead atoms. The average Bonchev–Trinajstić information content (AvgIpc) is 3.83. The molecule has 0 fully saturated rings. The third kappa shape index (κ3) is 5.51. The van der Waals surface area contributed by atoms with E-state index in [1.165, 1.54) is 90.2 Å². The maximum Gasteiger partial charge on any atom is 0.0718 e. The normalized spacial score (nSPS) is 11.6. The quantitative estimate of drug-likeness (QED) is 0.164. The van der Waals surface area contributed by atoms with Crippen molar-refractivity contribution >= 4 is 90.9 Å². The van der Waals surface area contributed by atoms with Crippen LogP contribution in [0.25, 0.3) is 84.5 Å². The van der Waals surface area contributed by atoms with Gasteiger partial charge in [-0.15, -0.1) is 22.7 Å². The van der Waals surface area contributed by atoms with Crippen LogP contribution < -0.4 is 4.90 Å². The van der Waals surface area contributed by atoms with Gasteiger partial charge in [-0.05, 0) is 93.2 Å². The van der Waals surface area contributed by atoms with Crippen LogP contribution in [-0.4, -0.2) is 0 Å². The summed E-state index contributed by atoms with van der Waals surface area (Å²) in [5.41, 5.74) is 10.7. The Balaban J connectivity index is 1.10. The molecule has 0 saturated carbocycles. The minimum Gasteiger partial charge on any atom is -0.308 e. The lowest BCUT2D eigenvalue weighted by Gasteiger charge is -2.29. The fourth-order valence-electron chi connectivity index (χ4n) is 8.14. The molecule has 11 rings (SSSR count). The Labute approximate surface area is 327 Å². The molecule has 0 unspecified atom stereocenters. The van der Waals surface area contributed by atoms with Gasteiger partial charge in [0.25, 0.3) is 0 Å². The first-order valence-corrected chi connectivity index (χ1v) is 20.3. The van der Waals surface area contributed by atoms with Gasteiger partial charge in [-0.25, -0.2) is 0 Å². The highest BCUT2D eigenvalue weighted by atomic mass is 32.1. The van der Waals surface area contributed by atoms with E-state index in [1.807, 2.05) is 22.7 Å². The van der Waals surface area contributed by atoms with E-state index in [0.717, 1.165) is 11.4 Å². The van der Waals surface area contributed by atoms with Crippen LogP contribution in [0.3, 0.4) is 0 Å². The molecule has 258 valence electrons. The van der Waals surface area contributed by atoms with E-state index in [2.05, 4.69) is 205 Å². The van der Waals surface area contributed by atoms with E-state index in [9.17, 15) is 0 Å². The number of fused-ring (bicyclic) bond motifs is 7. The van der Waals surface area contributed by atoms with Crippen LogP contribution >= 0.6 is 22.7 Å². The predicted molar refractivity (Wildman–Crippen MR) is 241 cm³/mol. The van der Waals surface area contributed by atoms with E-state index in [4.69, 9.17) is 0 Å². The van der Waals surface area contributed by atoms with E-state index >= 15 is 0 Å². The lowest BCUT2D eigenvalue weighted by atomic mass is 9.98. The molecule has 2 heterocycles. The van der Waals surface area contributed by atoms with Crippen molar-refractivity contribution in [2.24, 2.45) is 0 Å². The van der Waals surface area contributed by atoms with Gasteiger partial charge < -0.3 is 4.90 Å². The molecule has 11 aromatic rings. The van der Waals surface area contributed by atoms with Crippen molar-refractivity contribution in [2.75, 3.05) is 4.90 Å². The first-order valence-electron chi connectivity index (χ1n) is 18.7. The van der Waals surface area contributed by atoms with Gasteiger partial charge in [-0.2, -0.15) is 0 Å². The highest BCUT2D eigenvalue weighted by molar-refractivity contribution is 7.26. The van der Waals surface area contributed by atoms with Crippen LogP contribution in [0.5, 0.6) is 0 Å². The molecule has 0 spiro atoms. The molecule has 0 amide bonds. The van der Waals surface area contributed by atoms with Crippen molar-refractivity contribution in [3.63, 3.8) is 0 Å². The Morgan fingerprint density at radius 2 is 0.855 bits per heavy atom. The second-order valence-corrected chi connectivity index (χ2v) is 16.2. The molecule has 0 radical (unpaired) electrons. The first-order chi connectivity index (χ1) is 27.2. The summed E-state index contributed by atoms with van der Waals surface area (Å²) in [4.78, 5) is 2.48. The predicted octanol–water partition coefficient (Wildman–Crippen LogP) is 16.0. The van der Waals surface area contributed by atoms with Crippen molar-refractivity contribution < 1.29 is 0 Å². The molecule has 0 aliphatic rings. The molecule has 2 aromatic heterocycles. The average molecular weight is 736 g/mol. The zero-order chi connectivity index (χ0) is 36.3. The lowest BCUT2D eigenvalue weighted by molar-refractivity contribution is 1.30. The fraction of sp³-hybridized carbons (Fsp3) is 0. The first kappa shape index (κ1) is 32.0. The molecule has 1 nitrogen and oxygen atoms in total. The zero-order valence-electron chi connectivity index (χ0n) is 29.8. The summed E-state index contributed by atoms with van der Waals surface area (Å²) in [5.74, 6) is 0. The van der Waals surface area contributed by atoms with Gasteiger partial charge in [0, 0.05) is 52.6 Å². The van der Waals surface area contributed by atoms with Crippen LogP contribution in [0.2, 0.25) is 0 Å². The van der Waals surface area contributed by atoms with Gasteiger partial charge in [0.05, 0.1) is 10.4 Å². The Morgan fingerprint density at radius 3 is 1.58 bits per heavy atom. The minimum atomic E-state index is 1.12. The summed E-state index contributed by atoms with van der Waals surface area (Å²) in [7, 11) is 0. The number of thiophene rings is 2. The van der Waals surface area contributed by atoms with Crippen molar-refractivity contribution in [3.05, 3.63) is 200 Å². The van der Waals surface area contributed by atoms with Crippen LogP contribution in [0.4, 0.5) is 17.1 Å². The highest BCUT2D eigenvalue weighted by Gasteiger charge is 2.23. The molecule has 3 heteroatoms. The second-order valence-electron chi connectivity index (χ2n) is 14.1. The number of hydrogen-bond acceptors (Lipinski definition) is 3. The van der Waals surface area contributed by atoms with E-state index in [1.54, 1.807) is 0 Å². The number of anilines is 3. The van der Waals surface area contributed by atoms with E-state index in [0.29, 0.717) is 0 Å². The highest BCUT2D eigenvalue weighted by Crippen LogP contribution is 2.50. The van der Waals surface area contributed by atoms with E-state index in [-0.39, 0.29) is 0 Å². The maximum atomic E-state index is 2.48. The largest absolute Gasteiger partial charge is 0.308 e. The van der Waals surface area contributed by atoms with Crippen LogP contribution in [0, 0.1) is 0 Å². The lowest BCUT2D eigenvalue weighted by Crippen LogP contribution is -2.11. The summed E-state index contributed by atoms with van der Waals surface area (Å²) in [6.07, 6.45) is 0. The summed E-state index contributed by atoms with van der Waals surface area (Å²) >= 11 is 3.74. The second kappa shape index (κ2) is 13.1. The van der Waals surface area contributed by atoms with E-state index < -0.39 is 0 Å². The van der Waals surface area contributed by atoms with Crippen molar-refractivity contribution in [2.45, 2.75) is 0 Å². The SMILES string of the molecule is c1ccc(-c2ccc3c(sc4ccccc43)c2N(c2ccc(-c3ccc4ccccc4c3)cc2)c2ccc(-c3ccc4sc5ccccc5c4c3)cc2)cc1. The summed E-state index contributed by atoms with van der Waals surface area (Å²) in [6, 6.07) is 73.5. The van der Waals surface area contributed by atoms with Crippen molar-refractivity contribution in [1.82, 2.24) is 0 Å². The Morgan fingerprint density at radius 1 is 0.309 bits per heavy atom. The number of rotatable bonds is 6. The zero-order valence-corrected chi connectivity index (χ0v) is 31.4. The standard InChI is InChI=1S/C52H33NS2/c1-2-11-37(12-3-1)43-29-30-46-44-14-6-9-17-49(44)55-52(46)51(43)53(41-25-20-35(21-26-41)39-19-18-34-10-4-5-13-38(34)32-39)42-27-22-36(23-28-42)40-24-31-50-47(33-40)45-15-7-8-16-48(45)54-50/h1-33H. The minimum absolute atomic E-state index is 1.12. The molecule has 55 heavy (non-hydrogen) atoms. The Kier molecular flexibility index (Phi) is 7.61. The molecule has 0 aliphatic carbocycles. The van der Waals surface area contributed by atoms with Crippen LogP contribution in [0.1, 0.15) is 0 Å². The molecule has 0 atom stereocenters. The summed E-state index contributed by atoms with van der Waals surface area (Å²) in [6.45, 7) is 0. The number of benzene rings is 9. The van der Waals surface area contributed by atoms with Crippen molar-refractivity contribution in [1.29, 1.82) is 0 Å². The van der Waals surface area contributed by atoms with Gasteiger partial charge in [-0.3, -0.25) is 0 Å². The number of nitrogens with zero attached hydrogens (tertiary/aromatic N) is 1. The Hall–Kier alpha value is -6.52. The Bertz CT molecular complexity index is 3190. The maximum absolute atomic E-state index is 2.48. The topological polar surface area (TPSA) is 3.24 Å². The number of hydrogen-bond donors (Lipinski definition) is 0. The molecular weight excluding hydrogens is 703 g/mol. The van der Waals surface area contributed by atoms with Crippen molar-refractivity contribution in [3.8, 4) is 33.4 Å². The van der Waals surface area contributed by atoms with Gasteiger partial charge in [0.2, 0.25) is 0 Å². The fourth-order valence-corrected chi connectivity index (χ4v) is 10.5. The third-order valence-corrected chi connectivity index (χ3v) is 13.2. The van der Waals surface area contributed by atoms with Gasteiger partial charge in [0.15, 0.2) is 0 Å². The van der Waals surface area contributed by atoms with Crippen LogP contribution in [0.15, 0.2) is 200 Å². The van der Waals surface area contributed by atoms with Gasteiger partial charge in [0.1, 0.15) is 0 Å². The van der Waals surface area contributed by atoms with Gasteiger partial charge >= 0.3 is 0 Å². The third-order valence-electron chi connectivity index (χ3n) is 10.9. The van der Waals surface area contributed by atoms with Gasteiger partial charge in [-0.1, -0.05) is 146 Å². The molecule has 0 N–H and O–H groups in total. The van der Waals surface area contributed by atoms with Crippen LogP contribution in [-0.2, 0) is 0 Å². The summed E-state index contributed by atoms with van der Waals surface area (Å²) < 4.78 is 5.23. The molecular formula is C52H33NS2. The monoisotopic (exact) mass is 735 g/mol.